The Morgan fingerprint density at radius 2 is 1.73 bits per heavy atom. The number of carbonyl (C=O) groups excluding carboxylic acids is 1. The summed E-state index contributed by atoms with van der Waals surface area (Å²) in [6, 6.07) is 8.64. The second-order valence-corrected chi connectivity index (χ2v) is 8.01. The van der Waals surface area contributed by atoms with Gasteiger partial charge in [0.1, 0.15) is 0 Å². The van der Waals surface area contributed by atoms with Crippen LogP contribution in [0.4, 0.5) is 5.69 Å². The molecule has 1 aliphatic heterocycles. The Morgan fingerprint density at radius 1 is 1.04 bits per heavy atom. The van der Waals surface area contributed by atoms with Crippen molar-refractivity contribution in [2.45, 2.75) is 82.6 Å². The highest BCUT2D eigenvalue weighted by molar-refractivity contribution is 5.95. The van der Waals surface area contributed by atoms with Crippen LogP contribution in [0.25, 0.3) is 0 Å². The zero-order valence-electron chi connectivity index (χ0n) is 15.4. The molecule has 3 atom stereocenters. The summed E-state index contributed by atoms with van der Waals surface area (Å²) >= 11 is 0. The van der Waals surface area contributed by atoms with E-state index in [0.29, 0.717) is 24.7 Å². The van der Waals surface area contributed by atoms with Crippen LogP contribution in [0, 0.1) is 5.92 Å². The van der Waals surface area contributed by atoms with Crippen LogP contribution in [0.15, 0.2) is 24.3 Å². The first-order valence-corrected chi connectivity index (χ1v) is 10.1. The average molecular weight is 379 g/mol. The summed E-state index contributed by atoms with van der Waals surface area (Å²) in [6.45, 7) is 0.673. The largest absolute Gasteiger partial charge is 0.374 e. The first-order chi connectivity index (χ1) is 12.3. The minimum absolute atomic E-state index is 0. The van der Waals surface area contributed by atoms with Crippen LogP contribution in [0.1, 0.15) is 63.4 Å². The van der Waals surface area contributed by atoms with Crippen LogP contribution < -0.4 is 10.6 Å². The maximum absolute atomic E-state index is 12.5. The van der Waals surface area contributed by atoms with Gasteiger partial charge in [-0.3, -0.25) is 4.79 Å². The summed E-state index contributed by atoms with van der Waals surface area (Å²) < 4.78 is 5.95. The number of amides is 1. The van der Waals surface area contributed by atoms with E-state index < -0.39 is 0 Å². The lowest BCUT2D eigenvalue weighted by Crippen LogP contribution is -2.39. The highest BCUT2D eigenvalue weighted by Gasteiger charge is 2.38. The molecule has 3 aliphatic rings. The monoisotopic (exact) mass is 378 g/mol. The molecule has 4 rings (SSSR count). The molecule has 1 aromatic rings. The fourth-order valence-electron chi connectivity index (χ4n) is 4.70. The second-order valence-electron chi connectivity index (χ2n) is 8.01. The lowest BCUT2D eigenvalue weighted by Gasteiger charge is -2.24. The van der Waals surface area contributed by atoms with E-state index in [0.717, 1.165) is 12.1 Å². The molecular formula is C21H31ClN2O2. The molecule has 2 saturated carbocycles. The minimum atomic E-state index is -0.0292. The number of fused-ring (bicyclic) bond motifs is 1. The molecule has 4 nitrogen and oxygen atoms in total. The van der Waals surface area contributed by atoms with Crippen molar-refractivity contribution in [2.75, 3.05) is 5.32 Å². The molecule has 2 N–H and O–H groups in total. The van der Waals surface area contributed by atoms with Gasteiger partial charge >= 0.3 is 0 Å². The highest BCUT2D eigenvalue weighted by atomic mass is 35.5. The molecular weight excluding hydrogens is 348 g/mol. The van der Waals surface area contributed by atoms with E-state index in [1.165, 1.54) is 56.9 Å². The molecule has 3 fully saturated rings. The fourth-order valence-corrected chi connectivity index (χ4v) is 4.70. The molecule has 1 amide bonds. The van der Waals surface area contributed by atoms with Crippen LogP contribution in [0.5, 0.6) is 0 Å². The Balaban J connectivity index is 0.00000196. The number of hydrogen-bond acceptors (Lipinski definition) is 3. The normalized spacial score (nSPS) is 28.4. The summed E-state index contributed by atoms with van der Waals surface area (Å²) in [5.74, 6) is 0.809. The van der Waals surface area contributed by atoms with Gasteiger partial charge in [-0.05, 0) is 55.7 Å². The van der Waals surface area contributed by atoms with Gasteiger partial charge in [-0.15, -0.1) is 12.4 Å². The summed E-state index contributed by atoms with van der Waals surface area (Å²) in [4.78, 5) is 12.5. The molecule has 2 aliphatic carbocycles. The van der Waals surface area contributed by atoms with Crippen molar-refractivity contribution in [1.82, 2.24) is 5.32 Å². The fraction of sp³-hybridized carbons (Fsp3) is 0.667. The lowest BCUT2D eigenvalue weighted by atomic mass is 9.85. The number of anilines is 1. The van der Waals surface area contributed by atoms with Crippen LogP contribution >= 0.6 is 12.4 Å². The standard InChI is InChI=1S/C21H30N2O2.ClH/c24-21(20-13-16-5-1-4-8-19(16)23-20)22-17-11-9-15(10-12-17)14-25-18-6-2-3-7-18;/h9-12,16,18-20,23H,1-8,13-14H2,(H,22,24);1H. The second kappa shape index (κ2) is 9.20. The Morgan fingerprint density at radius 3 is 2.46 bits per heavy atom. The molecule has 0 aromatic heterocycles. The van der Waals surface area contributed by atoms with Gasteiger partial charge in [0.2, 0.25) is 5.91 Å². The third-order valence-electron chi connectivity index (χ3n) is 6.19. The number of ether oxygens (including phenoxy) is 1. The molecule has 5 heteroatoms. The van der Waals surface area contributed by atoms with Gasteiger partial charge in [-0.25, -0.2) is 0 Å². The van der Waals surface area contributed by atoms with Crippen molar-refractivity contribution >= 4 is 24.0 Å². The number of carbonyl (C=O) groups is 1. The van der Waals surface area contributed by atoms with Gasteiger partial charge in [0.25, 0.3) is 0 Å². The summed E-state index contributed by atoms with van der Waals surface area (Å²) in [6.07, 6.45) is 11.5. The van der Waals surface area contributed by atoms with E-state index in [2.05, 4.69) is 22.8 Å². The minimum Gasteiger partial charge on any atom is -0.374 e. The molecule has 1 aromatic carbocycles. The molecule has 3 unspecified atom stereocenters. The van der Waals surface area contributed by atoms with Gasteiger partial charge in [0.05, 0.1) is 18.8 Å². The van der Waals surface area contributed by atoms with Gasteiger partial charge in [0, 0.05) is 11.7 Å². The predicted molar refractivity (Wildman–Crippen MR) is 107 cm³/mol. The number of benzene rings is 1. The summed E-state index contributed by atoms with van der Waals surface area (Å²) in [5, 5.41) is 6.62. The first kappa shape index (κ1) is 19.7. The topological polar surface area (TPSA) is 50.4 Å². The average Bonchev–Trinajstić information content (AvgIpc) is 3.30. The van der Waals surface area contributed by atoms with Crippen molar-refractivity contribution in [3.63, 3.8) is 0 Å². The van der Waals surface area contributed by atoms with E-state index in [-0.39, 0.29) is 24.4 Å². The Labute approximate surface area is 162 Å². The van der Waals surface area contributed by atoms with Crippen LogP contribution in [-0.2, 0) is 16.1 Å². The molecule has 0 radical (unpaired) electrons. The third kappa shape index (κ3) is 4.79. The lowest BCUT2D eigenvalue weighted by molar-refractivity contribution is -0.117. The van der Waals surface area contributed by atoms with Crippen molar-refractivity contribution in [3.05, 3.63) is 29.8 Å². The van der Waals surface area contributed by atoms with Crippen LogP contribution in [-0.4, -0.2) is 24.1 Å². The van der Waals surface area contributed by atoms with E-state index in [4.69, 9.17) is 4.74 Å². The van der Waals surface area contributed by atoms with Crippen molar-refractivity contribution < 1.29 is 9.53 Å². The molecule has 26 heavy (non-hydrogen) atoms. The van der Waals surface area contributed by atoms with Crippen molar-refractivity contribution in [1.29, 1.82) is 0 Å². The van der Waals surface area contributed by atoms with E-state index in [9.17, 15) is 4.79 Å². The van der Waals surface area contributed by atoms with Crippen LogP contribution in [0.2, 0.25) is 0 Å². The van der Waals surface area contributed by atoms with E-state index >= 15 is 0 Å². The number of nitrogens with one attached hydrogen (secondary N) is 2. The maximum Gasteiger partial charge on any atom is 0.241 e. The number of rotatable bonds is 5. The summed E-state index contributed by atoms with van der Waals surface area (Å²) in [7, 11) is 0. The van der Waals surface area contributed by atoms with Gasteiger partial charge in [0.15, 0.2) is 0 Å². The van der Waals surface area contributed by atoms with Gasteiger partial charge < -0.3 is 15.4 Å². The first-order valence-electron chi connectivity index (χ1n) is 10.1. The number of hydrogen-bond donors (Lipinski definition) is 2. The highest BCUT2D eigenvalue weighted by Crippen LogP contribution is 2.33. The van der Waals surface area contributed by atoms with Gasteiger partial charge in [-0.2, -0.15) is 0 Å². The SMILES string of the molecule is Cl.O=C(Nc1ccc(COC2CCCC2)cc1)C1CC2CCCCC2N1. The zero-order chi connectivity index (χ0) is 17.1. The van der Waals surface area contributed by atoms with Gasteiger partial charge in [-0.1, -0.05) is 37.8 Å². The smallest absolute Gasteiger partial charge is 0.241 e. The van der Waals surface area contributed by atoms with Crippen molar-refractivity contribution in [3.8, 4) is 0 Å². The molecule has 144 valence electrons. The molecule has 1 heterocycles. The Bertz CT molecular complexity index is 572. The van der Waals surface area contributed by atoms with Crippen molar-refractivity contribution in [2.24, 2.45) is 5.92 Å². The van der Waals surface area contributed by atoms with Crippen LogP contribution in [0.3, 0.4) is 0 Å². The Hall–Kier alpha value is -1.10. The molecule has 0 bridgehead atoms. The third-order valence-corrected chi connectivity index (χ3v) is 6.19. The zero-order valence-corrected chi connectivity index (χ0v) is 16.2. The molecule has 1 saturated heterocycles. The number of halogens is 1. The quantitative estimate of drug-likeness (QED) is 0.797. The predicted octanol–water partition coefficient (Wildman–Crippen LogP) is 4.43. The summed E-state index contributed by atoms with van der Waals surface area (Å²) in [5.41, 5.74) is 2.06. The molecule has 0 spiro atoms. The van der Waals surface area contributed by atoms with E-state index in [1.807, 2.05) is 12.1 Å². The Kier molecular flexibility index (Phi) is 6.96. The van der Waals surface area contributed by atoms with E-state index in [1.54, 1.807) is 0 Å². The maximum atomic E-state index is 12.5.